The molecule has 20 heavy (non-hydrogen) atoms. The van der Waals surface area contributed by atoms with Crippen LogP contribution >= 0.6 is 0 Å². The first-order chi connectivity index (χ1) is 9.74. The van der Waals surface area contributed by atoms with Crippen LogP contribution in [0.5, 0.6) is 0 Å². The van der Waals surface area contributed by atoms with Gasteiger partial charge in [-0.25, -0.2) is 0 Å². The fourth-order valence-corrected chi connectivity index (χ4v) is 2.79. The highest BCUT2D eigenvalue weighted by Crippen LogP contribution is 2.40. The molecule has 1 atom stereocenters. The van der Waals surface area contributed by atoms with Gasteiger partial charge in [0.15, 0.2) is 0 Å². The van der Waals surface area contributed by atoms with E-state index in [9.17, 15) is 0 Å². The molecule has 1 unspecified atom stereocenters. The summed E-state index contributed by atoms with van der Waals surface area (Å²) in [7, 11) is 2.02. The van der Waals surface area contributed by atoms with Crippen molar-refractivity contribution in [1.29, 1.82) is 0 Å². The van der Waals surface area contributed by atoms with Crippen LogP contribution in [0.25, 0.3) is 0 Å². The molecule has 0 saturated carbocycles. The van der Waals surface area contributed by atoms with Crippen molar-refractivity contribution in [3.8, 4) is 0 Å². The van der Waals surface area contributed by atoms with Gasteiger partial charge in [0.1, 0.15) is 0 Å². The number of allylic oxidation sites excluding steroid dienone is 9. The van der Waals surface area contributed by atoms with Gasteiger partial charge in [0.25, 0.3) is 0 Å². The molecule has 0 heterocycles. The predicted molar refractivity (Wildman–Crippen MR) is 88.7 cm³/mol. The van der Waals surface area contributed by atoms with E-state index in [2.05, 4.69) is 55.6 Å². The van der Waals surface area contributed by atoms with Gasteiger partial charge in [0.2, 0.25) is 0 Å². The van der Waals surface area contributed by atoms with Gasteiger partial charge in [-0.2, -0.15) is 0 Å². The van der Waals surface area contributed by atoms with Gasteiger partial charge >= 0.3 is 0 Å². The van der Waals surface area contributed by atoms with Crippen LogP contribution < -0.4 is 5.32 Å². The summed E-state index contributed by atoms with van der Waals surface area (Å²) < 4.78 is 0. The lowest BCUT2D eigenvalue weighted by atomic mass is 10.0. The zero-order valence-electron chi connectivity index (χ0n) is 13.1. The first-order valence-electron chi connectivity index (χ1n) is 7.81. The molecule has 1 N–H and O–H groups in total. The third-order valence-corrected chi connectivity index (χ3v) is 3.99. The molecule has 0 bridgehead atoms. The molecule has 0 aliphatic heterocycles. The minimum atomic E-state index is 0.687. The van der Waals surface area contributed by atoms with Crippen LogP contribution in [-0.2, 0) is 0 Å². The number of hydrogen-bond donors (Lipinski definition) is 1. The Labute approximate surface area is 123 Å². The second kappa shape index (κ2) is 7.44. The molecule has 0 spiro atoms. The van der Waals surface area contributed by atoms with Gasteiger partial charge in [0, 0.05) is 12.5 Å². The van der Waals surface area contributed by atoms with Gasteiger partial charge in [-0.15, -0.1) is 0 Å². The van der Waals surface area contributed by atoms with E-state index in [1.165, 1.54) is 23.1 Å². The van der Waals surface area contributed by atoms with Gasteiger partial charge in [-0.05, 0) is 45.2 Å². The van der Waals surface area contributed by atoms with Crippen molar-refractivity contribution in [3.05, 3.63) is 58.7 Å². The van der Waals surface area contributed by atoms with E-state index < -0.39 is 0 Å². The Morgan fingerprint density at radius 1 is 1.40 bits per heavy atom. The molecule has 108 valence electrons. The molecule has 0 fully saturated rings. The highest BCUT2D eigenvalue weighted by molar-refractivity contribution is 5.47. The zero-order valence-corrected chi connectivity index (χ0v) is 13.1. The minimum Gasteiger partial charge on any atom is -0.316 e. The Hall–Kier alpha value is -1.34. The van der Waals surface area contributed by atoms with Crippen LogP contribution in [0.4, 0.5) is 0 Å². The fourth-order valence-electron chi connectivity index (χ4n) is 2.79. The summed E-state index contributed by atoms with van der Waals surface area (Å²) in [4.78, 5) is 0. The molecule has 2 rings (SSSR count). The number of likely N-dealkylation sites (N-methyl/N-ethyl adjacent to an activating group) is 1. The van der Waals surface area contributed by atoms with Gasteiger partial charge in [0.05, 0.1) is 0 Å². The summed E-state index contributed by atoms with van der Waals surface area (Å²) in [6.07, 6.45) is 18.5. The summed E-state index contributed by atoms with van der Waals surface area (Å²) in [5.41, 5.74) is 6.10. The van der Waals surface area contributed by atoms with E-state index in [1.54, 1.807) is 5.57 Å². The maximum Gasteiger partial charge on any atom is 0.0193 e. The summed E-state index contributed by atoms with van der Waals surface area (Å²) in [6, 6.07) is 0. The van der Waals surface area contributed by atoms with Crippen molar-refractivity contribution in [2.75, 3.05) is 13.6 Å². The number of rotatable bonds is 8. The van der Waals surface area contributed by atoms with E-state index in [1.807, 2.05) is 7.05 Å². The lowest BCUT2D eigenvalue weighted by Crippen LogP contribution is -2.10. The minimum absolute atomic E-state index is 0.687. The average molecular weight is 269 g/mol. The third-order valence-electron chi connectivity index (χ3n) is 3.99. The van der Waals surface area contributed by atoms with Crippen molar-refractivity contribution < 1.29 is 0 Å². The second-order valence-corrected chi connectivity index (χ2v) is 5.79. The van der Waals surface area contributed by atoms with Crippen LogP contribution in [0.15, 0.2) is 58.7 Å². The summed E-state index contributed by atoms with van der Waals surface area (Å²) >= 11 is 0. The van der Waals surface area contributed by atoms with Crippen LogP contribution in [0, 0.1) is 5.92 Å². The zero-order chi connectivity index (χ0) is 14.4. The van der Waals surface area contributed by atoms with Crippen molar-refractivity contribution in [2.45, 2.75) is 39.5 Å². The van der Waals surface area contributed by atoms with Gasteiger partial charge in [-0.1, -0.05) is 60.1 Å². The molecule has 0 aromatic heterocycles. The Kier molecular flexibility index (Phi) is 5.60. The normalized spacial score (nSPS) is 22.1. The summed E-state index contributed by atoms with van der Waals surface area (Å²) in [5.74, 6) is 0.687. The van der Waals surface area contributed by atoms with E-state index in [0.717, 1.165) is 25.8 Å². The Bertz CT molecular complexity index is 486. The molecule has 2 aliphatic carbocycles. The molecule has 0 amide bonds. The van der Waals surface area contributed by atoms with Crippen LogP contribution in [-0.4, -0.2) is 13.6 Å². The smallest absolute Gasteiger partial charge is 0.0193 e. The van der Waals surface area contributed by atoms with Crippen LogP contribution in [0.2, 0.25) is 0 Å². The molecule has 1 heteroatoms. The second-order valence-electron chi connectivity index (χ2n) is 5.79. The number of nitrogens with one attached hydrogen (secondary N) is 1. The first kappa shape index (κ1) is 15.1. The van der Waals surface area contributed by atoms with E-state index in [-0.39, 0.29) is 0 Å². The molecule has 1 nitrogen and oxygen atoms in total. The molecular formula is C19H27N. The molecular weight excluding hydrogens is 242 g/mol. The number of hydrogen-bond acceptors (Lipinski definition) is 1. The van der Waals surface area contributed by atoms with Gasteiger partial charge in [-0.3, -0.25) is 0 Å². The molecule has 0 aromatic rings. The Balaban J connectivity index is 1.69. The highest BCUT2D eigenvalue weighted by Gasteiger charge is 2.25. The maximum atomic E-state index is 3.25. The monoisotopic (exact) mass is 269 g/mol. The molecule has 2 aliphatic rings. The van der Waals surface area contributed by atoms with E-state index >= 15 is 0 Å². The van der Waals surface area contributed by atoms with Crippen molar-refractivity contribution in [1.82, 2.24) is 5.32 Å². The Morgan fingerprint density at radius 3 is 2.85 bits per heavy atom. The first-order valence-corrected chi connectivity index (χ1v) is 7.81. The predicted octanol–water partition coefficient (Wildman–Crippen LogP) is 4.71. The van der Waals surface area contributed by atoms with Crippen LogP contribution in [0.1, 0.15) is 39.5 Å². The molecule has 0 aromatic carbocycles. The van der Waals surface area contributed by atoms with Crippen molar-refractivity contribution >= 4 is 0 Å². The summed E-state index contributed by atoms with van der Waals surface area (Å²) in [6.45, 7) is 5.45. The Morgan fingerprint density at radius 2 is 2.20 bits per heavy atom. The van der Waals surface area contributed by atoms with Crippen molar-refractivity contribution in [2.24, 2.45) is 5.92 Å². The van der Waals surface area contributed by atoms with Crippen LogP contribution in [0.3, 0.4) is 0 Å². The van der Waals surface area contributed by atoms with E-state index in [0.29, 0.717) is 5.92 Å². The summed E-state index contributed by atoms with van der Waals surface area (Å²) in [5, 5.41) is 3.25. The van der Waals surface area contributed by atoms with Crippen molar-refractivity contribution in [3.63, 3.8) is 0 Å². The van der Waals surface area contributed by atoms with Gasteiger partial charge < -0.3 is 5.32 Å². The molecule has 0 saturated heterocycles. The van der Waals surface area contributed by atoms with E-state index in [4.69, 9.17) is 0 Å². The third kappa shape index (κ3) is 4.35. The standard InChI is InChI=1S/C19H27N/c1-4-7-17(14-20-3)9-6-5-8-16-10-11-18(13-16)19-12-15(19)2/h5,7-8,10-12,19-20H,4,6,9,13-14H2,1-3H3/b8-5-,17-7+. The lowest BCUT2D eigenvalue weighted by Gasteiger charge is -2.05. The maximum absolute atomic E-state index is 3.25. The average Bonchev–Trinajstić information content (AvgIpc) is 2.99. The largest absolute Gasteiger partial charge is 0.316 e. The fraction of sp³-hybridized carbons (Fsp3) is 0.474. The SMILES string of the molecule is CC/C=C(\CC/C=C\C1=CC=C(C2C=C2C)C1)CNC. The topological polar surface area (TPSA) is 12.0 Å². The quantitative estimate of drug-likeness (QED) is 0.629. The lowest BCUT2D eigenvalue weighted by molar-refractivity contribution is 0.814. The highest BCUT2D eigenvalue weighted by atomic mass is 14.8. The molecule has 0 radical (unpaired) electrons.